The van der Waals surface area contributed by atoms with E-state index in [-0.39, 0.29) is 0 Å². The number of rotatable bonds is 10. The molecule has 0 heterocycles. The van der Waals surface area contributed by atoms with Crippen molar-refractivity contribution >= 4 is 5.69 Å². The van der Waals surface area contributed by atoms with E-state index in [0.29, 0.717) is 0 Å². The standard InChI is InChI=1S/C18H27N/c1-4-7-8-9-12-17-13-10-11-14-18(17)19(15-5-2)16-6-3/h4-5,10-11,13-14H,1-2,6-9,12,15-16H2,3H3. The van der Waals surface area contributed by atoms with E-state index in [1.807, 2.05) is 12.2 Å². The van der Waals surface area contributed by atoms with Gasteiger partial charge in [0.05, 0.1) is 0 Å². The number of unbranched alkanes of at least 4 members (excludes halogenated alkanes) is 2. The van der Waals surface area contributed by atoms with Crippen LogP contribution < -0.4 is 4.90 Å². The Morgan fingerprint density at radius 1 is 1.11 bits per heavy atom. The van der Waals surface area contributed by atoms with E-state index in [0.717, 1.165) is 25.9 Å². The van der Waals surface area contributed by atoms with E-state index in [1.165, 1.54) is 30.5 Å². The van der Waals surface area contributed by atoms with Gasteiger partial charge in [-0.25, -0.2) is 0 Å². The molecule has 0 aliphatic heterocycles. The Hall–Kier alpha value is -1.50. The molecule has 0 unspecified atom stereocenters. The minimum Gasteiger partial charge on any atom is -0.368 e. The van der Waals surface area contributed by atoms with Crippen molar-refractivity contribution in [3.05, 3.63) is 55.1 Å². The summed E-state index contributed by atoms with van der Waals surface area (Å²) in [7, 11) is 0. The van der Waals surface area contributed by atoms with Gasteiger partial charge in [0.25, 0.3) is 0 Å². The third-order valence-electron chi connectivity index (χ3n) is 3.28. The minimum atomic E-state index is 0.928. The van der Waals surface area contributed by atoms with Crippen molar-refractivity contribution in [3.63, 3.8) is 0 Å². The third kappa shape index (κ3) is 5.34. The van der Waals surface area contributed by atoms with E-state index >= 15 is 0 Å². The van der Waals surface area contributed by atoms with Gasteiger partial charge in [0, 0.05) is 18.8 Å². The second kappa shape index (κ2) is 9.43. The Bertz CT molecular complexity index is 381. The van der Waals surface area contributed by atoms with Gasteiger partial charge in [-0.1, -0.05) is 37.3 Å². The van der Waals surface area contributed by atoms with Crippen LogP contribution in [0.2, 0.25) is 0 Å². The molecule has 0 spiro atoms. The van der Waals surface area contributed by atoms with E-state index in [4.69, 9.17) is 0 Å². The fourth-order valence-corrected chi connectivity index (χ4v) is 2.37. The van der Waals surface area contributed by atoms with Crippen LogP contribution >= 0.6 is 0 Å². The second-order valence-corrected chi connectivity index (χ2v) is 4.90. The maximum Gasteiger partial charge on any atom is 0.0401 e. The number of benzene rings is 1. The summed E-state index contributed by atoms with van der Waals surface area (Å²) in [5.74, 6) is 0. The molecule has 0 amide bonds. The van der Waals surface area contributed by atoms with Crippen LogP contribution in [0.25, 0.3) is 0 Å². The Morgan fingerprint density at radius 3 is 2.58 bits per heavy atom. The normalized spacial score (nSPS) is 10.2. The first-order valence-electron chi connectivity index (χ1n) is 7.38. The Balaban J connectivity index is 2.74. The molecule has 1 heteroatoms. The number of hydrogen-bond acceptors (Lipinski definition) is 1. The van der Waals surface area contributed by atoms with Gasteiger partial charge in [-0.2, -0.15) is 0 Å². The first-order valence-corrected chi connectivity index (χ1v) is 7.38. The molecule has 0 bridgehead atoms. The number of anilines is 1. The molecule has 19 heavy (non-hydrogen) atoms. The van der Waals surface area contributed by atoms with Crippen LogP contribution in [-0.4, -0.2) is 13.1 Å². The zero-order chi connectivity index (χ0) is 13.9. The fourth-order valence-electron chi connectivity index (χ4n) is 2.37. The van der Waals surface area contributed by atoms with Crippen molar-refractivity contribution < 1.29 is 0 Å². The van der Waals surface area contributed by atoms with Gasteiger partial charge in [0.1, 0.15) is 0 Å². The van der Waals surface area contributed by atoms with Crippen LogP contribution in [0.5, 0.6) is 0 Å². The largest absolute Gasteiger partial charge is 0.368 e. The lowest BCUT2D eigenvalue weighted by molar-refractivity contribution is 0.740. The highest BCUT2D eigenvalue weighted by molar-refractivity contribution is 5.54. The van der Waals surface area contributed by atoms with Crippen molar-refractivity contribution in [3.8, 4) is 0 Å². The van der Waals surface area contributed by atoms with Crippen molar-refractivity contribution in [2.24, 2.45) is 0 Å². The first kappa shape index (κ1) is 15.6. The van der Waals surface area contributed by atoms with Gasteiger partial charge in [0.2, 0.25) is 0 Å². The van der Waals surface area contributed by atoms with Gasteiger partial charge < -0.3 is 4.90 Å². The lowest BCUT2D eigenvalue weighted by atomic mass is 10.0. The molecule has 0 aliphatic carbocycles. The highest BCUT2D eigenvalue weighted by Crippen LogP contribution is 2.22. The molecule has 0 aliphatic rings. The molecule has 1 aromatic carbocycles. The number of aryl methyl sites for hydroxylation is 1. The first-order chi connectivity index (χ1) is 9.33. The minimum absolute atomic E-state index is 0.928. The summed E-state index contributed by atoms with van der Waals surface area (Å²) in [6.45, 7) is 11.9. The second-order valence-electron chi connectivity index (χ2n) is 4.90. The highest BCUT2D eigenvalue weighted by Gasteiger charge is 2.08. The summed E-state index contributed by atoms with van der Waals surface area (Å²) in [4.78, 5) is 2.43. The zero-order valence-electron chi connectivity index (χ0n) is 12.3. The zero-order valence-corrected chi connectivity index (χ0v) is 12.3. The number of nitrogens with zero attached hydrogens (tertiary/aromatic N) is 1. The molecule has 0 fully saturated rings. The summed E-state index contributed by atoms with van der Waals surface area (Å²) in [5.41, 5.74) is 2.84. The molecule has 0 radical (unpaired) electrons. The van der Waals surface area contributed by atoms with Crippen molar-refractivity contribution in [2.75, 3.05) is 18.0 Å². The summed E-state index contributed by atoms with van der Waals surface area (Å²) < 4.78 is 0. The molecule has 1 aromatic rings. The predicted octanol–water partition coefficient (Wildman–Crippen LogP) is 4.99. The summed E-state index contributed by atoms with van der Waals surface area (Å²) in [6.07, 6.45) is 9.90. The molecule has 104 valence electrons. The Kier molecular flexibility index (Phi) is 7.72. The van der Waals surface area contributed by atoms with Crippen LogP contribution in [0.1, 0.15) is 38.2 Å². The Morgan fingerprint density at radius 2 is 1.89 bits per heavy atom. The number of hydrogen-bond donors (Lipinski definition) is 0. The lowest BCUT2D eigenvalue weighted by Gasteiger charge is -2.25. The van der Waals surface area contributed by atoms with Crippen molar-refractivity contribution in [1.82, 2.24) is 0 Å². The van der Waals surface area contributed by atoms with Crippen LogP contribution in [0.3, 0.4) is 0 Å². The van der Waals surface area contributed by atoms with E-state index in [1.54, 1.807) is 0 Å². The van der Waals surface area contributed by atoms with Gasteiger partial charge in [-0.15, -0.1) is 13.2 Å². The van der Waals surface area contributed by atoms with Crippen LogP contribution in [0.15, 0.2) is 49.6 Å². The van der Waals surface area contributed by atoms with Gasteiger partial charge >= 0.3 is 0 Å². The summed E-state index contributed by atoms with van der Waals surface area (Å²) in [6, 6.07) is 8.77. The van der Waals surface area contributed by atoms with Gasteiger partial charge in [-0.3, -0.25) is 0 Å². The maximum absolute atomic E-state index is 3.87. The highest BCUT2D eigenvalue weighted by atomic mass is 15.1. The fraction of sp³-hybridized carbons (Fsp3) is 0.444. The molecule has 1 nitrogen and oxygen atoms in total. The Labute approximate surface area is 118 Å². The average molecular weight is 257 g/mol. The molecular formula is C18H27N. The predicted molar refractivity (Wildman–Crippen MR) is 86.9 cm³/mol. The molecule has 0 saturated heterocycles. The smallest absolute Gasteiger partial charge is 0.0401 e. The van der Waals surface area contributed by atoms with Crippen molar-refractivity contribution in [2.45, 2.75) is 39.0 Å². The number of para-hydroxylation sites is 1. The van der Waals surface area contributed by atoms with E-state index in [2.05, 4.69) is 49.2 Å². The quantitative estimate of drug-likeness (QED) is 0.422. The summed E-state index contributed by atoms with van der Waals surface area (Å²) >= 11 is 0. The molecule has 0 atom stereocenters. The van der Waals surface area contributed by atoms with Crippen molar-refractivity contribution in [1.29, 1.82) is 0 Å². The molecule has 1 rings (SSSR count). The van der Waals surface area contributed by atoms with Gasteiger partial charge in [0.15, 0.2) is 0 Å². The molecule has 0 saturated carbocycles. The topological polar surface area (TPSA) is 3.24 Å². The molecular weight excluding hydrogens is 230 g/mol. The van der Waals surface area contributed by atoms with Crippen LogP contribution in [0.4, 0.5) is 5.69 Å². The van der Waals surface area contributed by atoms with E-state index in [9.17, 15) is 0 Å². The molecule has 0 aromatic heterocycles. The van der Waals surface area contributed by atoms with Crippen LogP contribution in [-0.2, 0) is 6.42 Å². The average Bonchev–Trinajstić information content (AvgIpc) is 2.44. The lowest BCUT2D eigenvalue weighted by Crippen LogP contribution is -2.25. The summed E-state index contributed by atoms with van der Waals surface area (Å²) in [5, 5.41) is 0. The van der Waals surface area contributed by atoms with Gasteiger partial charge in [-0.05, 0) is 43.7 Å². The maximum atomic E-state index is 3.87. The SMILES string of the molecule is C=CCCCCc1ccccc1N(CC=C)CCC. The van der Waals surface area contributed by atoms with E-state index < -0.39 is 0 Å². The third-order valence-corrected chi connectivity index (χ3v) is 3.28. The monoisotopic (exact) mass is 257 g/mol. The number of allylic oxidation sites excluding steroid dienone is 1. The molecule has 0 N–H and O–H groups in total. The van der Waals surface area contributed by atoms with Crippen LogP contribution in [0, 0.1) is 0 Å².